The van der Waals surface area contributed by atoms with E-state index in [9.17, 15) is 0 Å². The van der Waals surface area contributed by atoms with E-state index in [0.717, 1.165) is 62.3 Å². The van der Waals surface area contributed by atoms with Crippen LogP contribution in [0.25, 0.3) is 75.8 Å². The standard InChI is InChI=1S/C72H49N3S/c1-5-17-50(18-6-1)54-31-39-58(40-32-54)73(59-41-33-55(34-42-59)51-19-7-2-8-20-51)67-28-14-13-25-63(67)64-48-47-62-49-70(64)75(61-45-37-57(38-46-61)53-23-11-4-12-24-53)69-30-16-27-66-65-26-15-29-68(71(65)76-72(66)69)74(62)60-43-35-56(36-44-60)52-21-9-3-10-22-52/h1-49H. The molecule has 12 aromatic carbocycles. The van der Waals surface area contributed by atoms with E-state index in [2.05, 4.69) is 312 Å². The first-order chi connectivity index (χ1) is 37.7. The van der Waals surface area contributed by atoms with Crippen molar-refractivity contribution in [3.05, 3.63) is 297 Å². The molecule has 0 fully saturated rings. The van der Waals surface area contributed by atoms with Gasteiger partial charge in [0.1, 0.15) is 0 Å². The van der Waals surface area contributed by atoms with Crippen LogP contribution in [0.4, 0.5) is 51.2 Å². The molecule has 2 heterocycles. The topological polar surface area (TPSA) is 9.72 Å². The smallest absolute Gasteiger partial charge is 0.0640 e. The molecular formula is C72H49N3S. The van der Waals surface area contributed by atoms with E-state index in [4.69, 9.17) is 0 Å². The molecule has 76 heavy (non-hydrogen) atoms. The predicted octanol–water partition coefficient (Wildman–Crippen LogP) is 21.1. The third-order valence-corrected chi connectivity index (χ3v) is 16.1. The van der Waals surface area contributed by atoms with Crippen molar-refractivity contribution in [2.45, 2.75) is 0 Å². The van der Waals surface area contributed by atoms with E-state index in [1.165, 1.54) is 64.7 Å². The Hall–Kier alpha value is -9.74. The fourth-order valence-corrected chi connectivity index (χ4v) is 12.4. The molecule has 3 nitrogen and oxygen atoms in total. The number of hydrogen-bond acceptors (Lipinski definition) is 4. The largest absolute Gasteiger partial charge is 0.310 e. The van der Waals surface area contributed by atoms with Crippen LogP contribution < -0.4 is 14.7 Å². The van der Waals surface area contributed by atoms with Crippen molar-refractivity contribution < 1.29 is 0 Å². The summed E-state index contributed by atoms with van der Waals surface area (Å²) in [6.45, 7) is 0. The Morgan fingerprint density at radius 3 is 1.08 bits per heavy atom. The minimum Gasteiger partial charge on any atom is -0.310 e. The number of benzene rings is 12. The molecule has 0 amide bonds. The summed E-state index contributed by atoms with van der Waals surface area (Å²) in [5, 5.41) is 2.49. The molecule has 4 heteroatoms. The Balaban J connectivity index is 1.01. The zero-order valence-corrected chi connectivity index (χ0v) is 42.4. The highest BCUT2D eigenvalue weighted by Gasteiger charge is 2.28. The molecule has 1 aliphatic heterocycles. The minimum atomic E-state index is 1.06. The summed E-state index contributed by atoms with van der Waals surface area (Å²) < 4.78 is 2.49. The lowest BCUT2D eigenvalue weighted by Gasteiger charge is -2.33. The monoisotopic (exact) mass is 987 g/mol. The van der Waals surface area contributed by atoms with Crippen molar-refractivity contribution in [2.75, 3.05) is 14.7 Å². The van der Waals surface area contributed by atoms with Gasteiger partial charge in [-0.05, 0) is 123 Å². The molecule has 0 radical (unpaired) electrons. The van der Waals surface area contributed by atoms with Crippen molar-refractivity contribution >= 4 is 82.7 Å². The van der Waals surface area contributed by atoms with Crippen LogP contribution >= 0.6 is 11.3 Å². The lowest BCUT2D eigenvalue weighted by molar-refractivity contribution is 1.26. The van der Waals surface area contributed by atoms with Gasteiger partial charge in [-0.15, -0.1) is 11.3 Å². The Morgan fingerprint density at radius 2 is 0.618 bits per heavy atom. The van der Waals surface area contributed by atoms with E-state index in [-0.39, 0.29) is 0 Å². The summed E-state index contributed by atoms with van der Waals surface area (Å²) >= 11 is 1.88. The highest BCUT2D eigenvalue weighted by atomic mass is 32.1. The molecule has 1 aromatic heterocycles. The summed E-state index contributed by atoms with van der Waals surface area (Å²) in [6, 6.07) is 108. The fourth-order valence-electron chi connectivity index (χ4n) is 11.1. The summed E-state index contributed by atoms with van der Waals surface area (Å²) in [5.41, 5.74) is 21.5. The molecule has 0 aliphatic carbocycles. The minimum absolute atomic E-state index is 1.06. The second-order valence-electron chi connectivity index (χ2n) is 19.3. The summed E-state index contributed by atoms with van der Waals surface area (Å²) in [4.78, 5) is 7.40. The Labute approximate surface area is 447 Å². The number of para-hydroxylation sites is 1. The summed E-state index contributed by atoms with van der Waals surface area (Å²) in [6.07, 6.45) is 0. The molecule has 4 bridgehead atoms. The SMILES string of the molecule is c1ccc(-c2ccc(N(c3ccc(-c4ccccc4)cc3)c3ccccc3-c3ccc4cc3N(c3ccc(-c5ccccc5)cc3)c3cccc5c3sc3c(cccc35)N4c3ccc(-c4ccccc4)cc3)cc2)cc1. The number of anilines is 9. The predicted molar refractivity (Wildman–Crippen MR) is 324 cm³/mol. The van der Waals surface area contributed by atoms with Crippen molar-refractivity contribution in [1.82, 2.24) is 0 Å². The maximum absolute atomic E-state index is 2.51. The number of nitrogens with zero attached hydrogens (tertiary/aromatic N) is 3. The highest BCUT2D eigenvalue weighted by Crippen LogP contribution is 2.54. The number of fused-ring (bicyclic) bond motifs is 3. The van der Waals surface area contributed by atoms with Gasteiger partial charge < -0.3 is 14.7 Å². The third kappa shape index (κ3) is 8.09. The van der Waals surface area contributed by atoms with Crippen molar-refractivity contribution in [3.8, 4) is 55.6 Å². The molecule has 0 saturated carbocycles. The molecular weight excluding hydrogens is 939 g/mol. The molecule has 0 saturated heterocycles. The first-order valence-corrected chi connectivity index (χ1v) is 26.7. The van der Waals surface area contributed by atoms with Gasteiger partial charge in [-0.3, -0.25) is 0 Å². The van der Waals surface area contributed by atoms with E-state index in [1.54, 1.807) is 0 Å². The maximum atomic E-state index is 2.51. The molecule has 0 unspecified atom stereocenters. The average Bonchev–Trinajstić information content (AvgIpc) is 3.90. The fraction of sp³-hybridized carbons (Fsp3) is 0. The van der Waals surface area contributed by atoms with Crippen LogP contribution in [0, 0.1) is 0 Å². The number of thiophene rings is 1. The molecule has 358 valence electrons. The third-order valence-electron chi connectivity index (χ3n) is 14.8. The summed E-state index contributed by atoms with van der Waals surface area (Å²) in [7, 11) is 0. The Kier molecular flexibility index (Phi) is 11.4. The number of rotatable bonds is 10. The van der Waals surface area contributed by atoms with Crippen molar-refractivity contribution in [2.24, 2.45) is 0 Å². The Morgan fingerprint density at radius 1 is 0.250 bits per heavy atom. The van der Waals surface area contributed by atoms with Gasteiger partial charge in [0.25, 0.3) is 0 Å². The quantitative estimate of drug-likeness (QED) is 0.135. The molecule has 13 aromatic rings. The van der Waals surface area contributed by atoms with Crippen LogP contribution in [-0.4, -0.2) is 0 Å². The van der Waals surface area contributed by atoms with Crippen LogP contribution in [0.2, 0.25) is 0 Å². The summed E-state index contributed by atoms with van der Waals surface area (Å²) in [5.74, 6) is 0. The molecule has 0 atom stereocenters. The second-order valence-corrected chi connectivity index (χ2v) is 20.3. The van der Waals surface area contributed by atoms with Gasteiger partial charge in [-0.2, -0.15) is 0 Å². The molecule has 1 aliphatic rings. The van der Waals surface area contributed by atoms with Gasteiger partial charge in [0, 0.05) is 50.3 Å². The lowest BCUT2D eigenvalue weighted by atomic mass is 9.97. The zero-order valence-electron chi connectivity index (χ0n) is 41.5. The van der Waals surface area contributed by atoms with Crippen LogP contribution in [0.5, 0.6) is 0 Å². The molecule has 0 N–H and O–H groups in total. The second kappa shape index (κ2) is 19.3. The van der Waals surface area contributed by atoms with Crippen LogP contribution in [0.3, 0.4) is 0 Å². The Bertz CT molecular complexity index is 4090. The van der Waals surface area contributed by atoms with Crippen LogP contribution in [-0.2, 0) is 0 Å². The van der Waals surface area contributed by atoms with E-state index >= 15 is 0 Å². The molecule has 0 spiro atoms. The highest BCUT2D eigenvalue weighted by molar-refractivity contribution is 7.27. The van der Waals surface area contributed by atoms with Crippen molar-refractivity contribution in [3.63, 3.8) is 0 Å². The van der Waals surface area contributed by atoms with E-state index in [0.29, 0.717) is 0 Å². The zero-order chi connectivity index (χ0) is 50.4. The van der Waals surface area contributed by atoms with Gasteiger partial charge in [-0.25, -0.2) is 0 Å². The normalized spacial score (nSPS) is 11.9. The van der Waals surface area contributed by atoms with Gasteiger partial charge in [0.15, 0.2) is 0 Å². The van der Waals surface area contributed by atoms with E-state index in [1.807, 2.05) is 11.3 Å². The van der Waals surface area contributed by atoms with Crippen LogP contribution in [0.1, 0.15) is 0 Å². The van der Waals surface area contributed by atoms with E-state index < -0.39 is 0 Å². The average molecular weight is 988 g/mol. The van der Waals surface area contributed by atoms with Gasteiger partial charge in [0.2, 0.25) is 0 Å². The van der Waals surface area contributed by atoms with Crippen LogP contribution in [0.15, 0.2) is 297 Å². The van der Waals surface area contributed by atoms with Gasteiger partial charge in [0.05, 0.1) is 32.1 Å². The van der Waals surface area contributed by atoms with Crippen molar-refractivity contribution in [1.29, 1.82) is 0 Å². The maximum Gasteiger partial charge on any atom is 0.0640 e. The molecule has 14 rings (SSSR count). The first-order valence-electron chi connectivity index (χ1n) is 25.9. The van der Waals surface area contributed by atoms with Gasteiger partial charge in [-0.1, -0.05) is 218 Å². The lowest BCUT2D eigenvalue weighted by Crippen LogP contribution is -2.15. The number of hydrogen-bond donors (Lipinski definition) is 0. The first kappa shape index (κ1) is 44.9. The van der Waals surface area contributed by atoms with Gasteiger partial charge >= 0.3 is 0 Å².